The molecule has 0 heterocycles. The Hall–Kier alpha value is -1.00. The summed E-state index contributed by atoms with van der Waals surface area (Å²) in [5.74, 6) is 0. The van der Waals surface area contributed by atoms with Crippen molar-refractivity contribution in [1.29, 1.82) is 5.26 Å². The van der Waals surface area contributed by atoms with E-state index in [4.69, 9.17) is 16.9 Å². The van der Waals surface area contributed by atoms with Crippen LogP contribution in [0.15, 0.2) is 12.1 Å². The van der Waals surface area contributed by atoms with Crippen LogP contribution in [0.25, 0.3) is 0 Å². The maximum atomic E-state index is 8.46. The van der Waals surface area contributed by atoms with E-state index in [-0.39, 0.29) is 0 Å². The van der Waals surface area contributed by atoms with E-state index < -0.39 is 0 Å². The van der Waals surface area contributed by atoms with Crippen LogP contribution in [-0.4, -0.2) is 0 Å². The molecule has 0 fully saturated rings. The van der Waals surface area contributed by atoms with Crippen LogP contribution in [0.2, 0.25) is 5.02 Å². The SMILES string of the molecule is Cc1[c]c(Cl)cc(C#N)c1. The van der Waals surface area contributed by atoms with Gasteiger partial charge < -0.3 is 0 Å². The zero-order valence-electron chi connectivity index (χ0n) is 5.48. The number of aryl methyl sites for hydroxylation is 1. The summed E-state index contributed by atoms with van der Waals surface area (Å²) in [6, 6.07) is 8.20. The number of hydrogen-bond donors (Lipinski definition) is 0. The fraction of sp³-hybridized carbons (Fsp3) is 0.125. The van der Waals surface area contributed by atoms with Gasteiger partial charge in [0.25, 0.3) is 0 Å². The molecule has 0 atom stereocenters. The van der Waals surface area contributed by atoms with Crippen molar-refractivity contribution in [1.82, 2.24) is 0 Å². The molecular formula is C8H5ClN. The fourth-order valence-corrected chi connectivity index (χ4v) is 1.00. The fourth-order valence-electron chi connectivity index (χ4n) is 0.737. The first kappa shape index (κ1) is 7.11. The first-order valence-corrected chi connectivity index (χ1v) is 3.20. The molecule has 0 aliphatic heterocycles. The van der Waals surface area contributed by atoms with Crippen molar-refractivity contribution < 1.29 is 0 Å². The second-order valence-electron chi connectivity index (χ2n) is 2.01. The van der Waals surface area contributed by atoms with Gasteiger partial charge >= 0.3 is 0 Å². The normalized spacial score (nSPS) is 8.90. The second-order valence-corrected chi connectivity index (χ2v) is 2.42. The molecule has 2 heteroatoms. The molecule has 0 saturated carbocycles. The van der Waals surface area contributed by atoms with Crippen molar-refractivity contribution in [2.45, 2.75) is 6.92 Å². The Bertz CT molecular complexity index is 266. The number of nitriles is 1. The van der Waals surface area contributed by atoms with E-state index in [9.17, 15) is 0 Å². The van der Waals surface area contributed by atoms with Gasteiger partial charge in [-0.15, -0.1) is 0 Å². The Morgan fingerprint density at radius 1 is 1.60 bits per heavy atom. The first-order valence-electron chi connectivity index (χ1n) is 2.82. The number of hydrogen-bond acceptors (Lipinski definition) is 1. The van der Waals surface area contributed by atoms with Gasteiger partial charge in [0.05, 0.1) is 16.7 Å². The van der Waals surface area contributed by atoms with Gasteiger partial charge in [-0.1, -0.05) is 11.6 Å². The van der Waals surface area contributed by atoms with E-state index in [1.54, 1.807) is 12.1 Å². The highest BCUT2D eigenvalue weighted by molar-refractivity contribution is 6.30. The summed E-state index contributed by atoms with van der Waals surface area (Å²) < 4.78 is 0. The zero-order valence-corrected chi connectivity index (χ0v) is 6.24. The van der Waals surface area contributed by atoms with Crippen molar-refractivity contribution in [3.63, 3.8) is 0 Å². The molecule has 0 bridgehead atoms. The van der Waals surface area contributed by atoms with Gasteiger partial charge in [0.2, 0.25) is 0 Å². The summed E-state index contributed by atoms with van der Waals surface area (Å²) >= 11 is 5.62. The number of halogens is 1. The largest absolute Gasteiger partial charge is 0.192 e. The molecule has 0 saturated heterocycles. The zero-order chi connectivity index (χ0) is 7.56. The van der Waals surface area contributed by atoms with Crippen molar-refractivity contribution in [3.05, 3.63) is 34.3 Å². The topological polar surface area (TPSA) is 23.8 Å². The highest BCUT2D eigenvalue weighted by atomic mass is 35.5. The predicted octanol–water partition coefficient (Wildman–Crippen LogP) is 2.32. The minimum atomic E-state index is 0.497. The lowest BCUT2D eigenvalue weighted by Crippen LogP contribution is -1.77. The molecule has 1 aromatic carbocycles. The van der Waals surface area contributed by atoms with E-state index in [1.807, 2.05) is 13.0 Å². The van der Waals surface area contributed by atoms with Crippen molar-refractivity contribution >= 4 is 11.6 Å². The Labute approximate surface area is 64.9 Å². The Kier molecular flexibility index (Phi) is 1.94. The summed E-state index contributed by atoms with van der Waals surface area (Å²) in [5, 5.41) is 8.96. The average Bonchev–Trinajstić information content (AvgIpc) is 1.85. The maximum absolute atomic E-state index is 8.46. The molecule has 0 aliphatic rings. The lowest BCUT2D eigenvalue weighted by molar-refractivity contribution is 1.41. The molecule has 1 aromatic rings. The van der Waals surface area contributed by atoms with Gasteiger partial charge in [-0.2, -0.15) is 5.26 Å². The van der Waals surface area contributed by atoms with E-state index in [0.717, 1.165) is 5.56 Å². The predicted molar refractivity (Wildman–Crippen MR) is 39.7 cm³/mol. The molecule has 0 unspecified atom stereocenters. The lowest BCUT2D eigenvalue weighted by Gasteiger charge is -1.92. The molecule has 0 aliphatic carbocycles. The molecule has 1 radical (unpaired) electrons. The van der Waals surface area contributed by atoms with Gasteiger partial charge in [0, 0.05) is 6.07 Å². The molecular weight excluding hydrogens is 146 g/mol. The number of benzene rings is 1. The number of nitrogens with zero attached hydrogens (tertiary/aromatic N) is 1. The Morgan fingerprint density at radius 2 is 2.30 bits per heavy atom. The van der Waals surface area contributed by atoms with Gasteiger partial charge in [-0.05, 0) is 24.6 Å². The molecule has 49 valence electrons. The lowest BCUT2D eigenvalue weighted by atomic mass is 10.2. The third kappa shape index (κ3) is 1.49. The molecule has 0 spiro atoms. The monoisotopic (exact) mass is 150 g/mol. The second kappa shape index (κ2) is 2.72. The first-order chi connectivity index (χ1) is 4.72. The van der Waals surface area contributed by atoms with Crippen LogP contribution in [0.4, 0.5) is 0 Å². The third-order valence-electron chi connectivity index (χ3n) is 1.10. The summed E-state index contributed by atoms with van der Waals surface area (Å²) in [4.78, 5) is 0. The van der Waals surface area contributed by atoms with Crippen LogP contribution in [0, 0.1) is 24.3 Å². The van der Waals surface area contributed by atoms with E-state index in [1.165, 1.54) is 0 Å². The standard InChI is InChI=1S/C8H5ClN/c1-6-2-7(5-10)4-8(9)3-6/h2,4H,1H3. The minimum absolute atomic E-state index is 0.497. The van der Waals surface area contributed by atoms with Crippen LogP contribution in [0.3, 0.4) is 0 Å². The maximum Gasteiger partial charge on any atom is 0.0992 e. The van der Waals surface area contributed by atoms with Crippen molar-refractivity contribution in [2.24, 2.45) is 0 Å². The molecule has 0 N–H and O–H groups in total. The van der Waals surface area contributed by atoms with E-state index in [2.05, 4.69) is 6.07 Å². The summed E-state index contributed by atoms with van der Waals surface area (Å²) in [6.07, 6.45) is 0. The summed E-state index contributed by atoms with van der Waals surface area (Å²) in [5.41, 5.74) is 1.48. The van der Waals surface area contributed by atoms with Crippen LogP contribution in [-0.2, 0) is 0 Å². The van der Waals surface area contributed by atoms with Gasteiger partial charge in [0.1, 0.15) is 0 Å². The van der Waals surface area contributed by atoms with Crippen molar-refractivity contribution in [2.75, 3.05) is 0 Å². The van der Waals surface area contributed by atoms with Gasteiger partial charge in [-0.25, -0.2) is 0 Å². The quantitative estimate of drug-likeness (QED) is 0.557. The molecule has 10 heavy (non-hydrogen) atoms. The highest BCUT2D eigenvalue weighted by Crippen LogP contribution is 2.12. The molecule has 0 aromatic heterocycles. The van der Waals surface area contributed by atoms with E-state index in [0.29, 0.717) is 10.6 Å². The third-order valence-corrected chi connectivity index (χ3v) is 1.30. The average molecular weight is 151 g/mol. The Morgan fingerprint density at radius 3 is 2.80 bits per heavy atom. The minimum Gasteiger partial charge on any atom is -0.192 e. The Balaban J connectivity index is 3.22. The highest BCUT2D eigenvalue weighted by Gasteiger charge is 1.93. The van der Waals surface area contributed by atoms with Crippen LogP contribution in [0.1, 0.15) is 11.1 Å². The summed E-state index contributed by atoms with van der Waals surface area (Å²) in [6.45, 7) is 1.85. The van der Waals surface area contributed by atoms with Gasteiger partial charge in [0.15, 0.2) is 0 Å². The molecule has 1 nitrogen and oxygen atoms in total. The van der Waals surface area contributed by atoms with Crippen LogP contribution < -0.4 is 0 Å². The van der Waals surface area contributed by atoms with Crippen molar-refractivity contribution in [3.8, 4) is 6.07 Å². The van der Waals surface area contributed by atoms with Crippen LogP contribution >= 0.6 is 11.6 Å². The molecule has 1 rings (SSSR count). The molecule has 0 amide bonds. The van der Waals surface area contributed by atoms with E-state index >= 15 is 0 Å². The smallest absolute Gasteiger partial charge is 0.0992 e. The van der Waals surface area contributed by atoms with Crippen LogP contribution in [0.5, 0.6) is 0 Å². The summed E-state index contributed by atoms with van der Waals surface area (Å²) in [7, 11) is 0. The van der Waals surface area contributed by atoms with Gasteiger partial charge in [-0.3, -0.25) is 0 Å². The number of rotatable bonds is 0.